The summed E-state index contributed by atoms with van der Waals surface area (Å²) in [6.45, 7) is 6.57. The fourth-order valence-electron chi connectivity index (χ4n) is 5.66. The lowest BCUT2D eigenvalue weighted by Gasteiger charge is -2.23. The molecule has 0 radical (unpaired) electrons. The Labute approximate surface area is 235 Å². The van der Waals surface area contributed by atoms with Gasteiger partial charge in [0.05, 0.1) is 15.5 Å². The van der Waals surface area contributed by atoms with Gasteiger partial charge in [0.25, 0.3) is 5.91 Å². The molecule has 2 aliphatic carbocycles. The number of carbonyl (C=O) groups excluding carboxylic acids is 1. The predicted molar refractivity (Wildman–Crippen MR) is 151 cm³/mol. The van der Waals surface area contributed by atoms with E-state index in [-0.39, 0.29) is 22.4 Å². The molecule has 39 heavy (non-hydrogen) atoms. The van der Waals surface area contributed by atoms with Gasteiger partial charge in [0, 0.05) is 30.4 Å². The van der Waals surface area contributed by atoms with Crippen LogP contribution in [0, 0.1) is 5.92 Å². The van der Waals surface area contributed by atoms with Gasteiger partial charge in [0.2, 0.25) is 10.0 Å². The number of hydrogen-bond donors (Lipinski definition) is 2. The lowest BCUT2D eigenvalue weighted by atomic mass is 9.85. The zero-order chi connectivity index (χ0) is 27.8. The summed E-state index contributed by atoms with van der Waals surface area (Å²) in [5, 5.41) is 3.51. The van der Waals surface area contributed by atoms with Gasteiger partial charge in [-0.2, -0.15) is 0 Å². The summed E-state index contributed by atoms with van der Waals surface area (Å²) in [5.74, 6) is 0.304. The molecule has 5 rings (SSSR count). The molecule has 214 valence electrons. The van der Waals surface area contributed by atoms with Crippen molar-refractivity contribution < 1.29 is 22.3 Å². The van der Waals surface area contributed by atoms with Gasteiger partial charge in [-0.05, 0) is 76.5 Å². The topological polar surface area (TPSA) is 97.4 Å². The first-order valence-electron chi connectivity index (χ1n) is 14.2. The highest BCUT2D eigenvalue weighted by atomic mass is 32.2. The van der Waals surface area contributed by atoms with Crippen molar-refractivity contribution in [1.82, 2.24) is 15.0 Å². The number of benzene rings is 1. The summed E-state index contributed by atoms with van der Waals surface area (Å²) in [5.41, 5.74) is -0.587. The molecule has 0 spiro atoms. The van der Waals surface area contributed by atoms with Crippen LogP contribution in [-0.4, -0.2) is 44.1 Å². The van der Waals surface area contributed by atoms with Crippen LogP contribution in [0.25, 0.3) is 10.4 Å². The molecule has 2 N–H and O–H groups in total. The molecule has 1 aromatic carbocycles. The number of halogens is 1. The van der Waals surface area contributed by atoms with E-state index in [0.717, 1.165) is 48.2 Å². The Morgan fingerprint density at radius 3 is 2.46 bits per heavy atom. The Bertz CT molecular complexity index is 1300. The van der Waals surface area contributed by atoms with Crippen molar-refractivity contribution >= 4 is 27.3 Å². The number of nitrogens with one attached hydrogen (secondary N) is 2. The zero-order valence-corrected chi connectivity index (χ0v) is 24.8. The Balaban J connectivity index is 1.51. The molecule has 1 saturated heterocycles. The number of thiazole rings is 1. The van der Waals surface area contributed by atoms with Crippen LogP contribution in [0.1, 0.15) is 99.6 Å². The maximum Gasteiger partial charge on any atom is 0.280 e. The van der Waals surface area contributed by atoms with Crippen molar-refractivity contribution in [2.75, 3.05) is 13.2 Å². The number of amides is 1. The number of rotatable bonds is 8. The zero-order valence-electron chi connectivity index (χ0n) is 23.1. The fourth-order valence-corrected chi connectivity index (χ4v) is 8.35. The third kappa shape index (κ3) is 6.89. The molecular formula is C29H40FN3O4S2. The van der Waals surface area contributed by atoms with E-state index in [1.807, 2.05) is 0 Å². The molecule has 0 atom stereocenters. The first-order chi connectivity index (χ1) is 18.4. The predicted octanol–water partition coefficient (Wildman–Crippen LogP) is 5.88. The maximum atomic E-state index is 15.6. The van der Waals surface area contributed by atoms with E-state index >= 15 is 4.39 Å². The monoisotopic (exact) mass is 577 g/mol. The molecule has 0 bridgehead atoms. The van der Waals surface area contributed by atoms with Gasteiger partial charge in [-0.1, -0.05) is 38.2 Å². The van der Waals surface area contributed by atoms with E-state index in [2.05, 4.69) is 10.0 Å². The molecule has 2 aromatic rings. The number of ether oxygens (including phenoxy) is 1. The van der Waals surface area contributed by atoms with Crippen molar-refractivity contribution in [3.8, 4) is 10.4 Å². The van der Waals surface area contributed by atoms with E-state index in [0.29, 0.717) is 37.0 Å². The Kier molecular flexibility index (Phi) is 8.21. The standard InChI is InChI=1S/C29H40FN3O4S2/c1-28(2,3)33-39(35,36)24-10-9-20(18-22(24)29(30)13-14-29)25-23(17-19-7-5-4-6-8-19)32-27(38-25)26(34)31-21-11-15-37-16-12-21/h9-10,18-19,21,33H,4-8,11-17H2,1-3H3,(H,31,34). The van der Waals surface area contributed by atoms with Crippen molar-refractivity contribution in [3.05, 3.63) is 34.5 Å². The SMILES string of the molecule is CC(C)(C)NS(=O)(=O)c1ccc(-c2sc(C(=O)NC3CCOCC3)nc2CC2CCCCC2)cc1C1(F)CC1. The summed E-state index contributed by atoms with van der Waals surface area (Å²) in [6, 6.07) is 5.00. The number of carbonyl (C=O) groups is 1. The van der Waals surface area contributed by atoms with E-state index in [1.165, 1.54) is 36.7 Å². The molecule has 2 saturated carbocycles. The molecule has 7 nitrogen and oxygen atoms in total. The minimum Gasteiger partial charge on any atom is -0.381 e. The number of nitrogens with zero attached hydrogens (tertiary/aromatic N) is 1. The average molecular weight is 578 g/mol. The van der Waals surface area contributed by atoms with Crippen molar-refractivity contribution in [2.24, 2.45) is 5.92 Å². The maximum absolute atomic E-state index is 15.6. The largest absolute Gasteiger partial charge is 0.381 e. The van der Waals surface area contributed by atoms with Gasteiger partial charge in [-0.3, -0.25) is 4.79 Å². The van der Waals surface area contributed by atoms with Crippen LogP contribution in [0.4, 0.5) is 4.39 Å². The highest BCUT2D eigenvalue weighted by Crippen LogP contribution is 2.52. The van der Waals surface area contributed by atoms with Crippen LogP contribution in [-0.2, 0) is 26.8 Å². The van der Waals surface area contributed by atoms with Gasteiger partial charge in [0.1, 0.15) is 5.67 Å². The molecule has 1 aliphatic heterocycles. The number of alkyl halides is 1. The second kappa shape index (κ2) is 11.2. The number of sulfonamides is 1. The summed E-state index contributed by atoms with van der Waals surface area (Å²) in [6.07, 6.45) is 8.82. The molecule has 1 amide bonds. The fraction of sp³-hybridized carbons (Fsp3) is 0.655. The first kappa shape index (κ1) is 28.6. The molecule has 1 aromatic heterocycles. The van der Waals surface area contributed by atoms with E-state index in [1.54, 1.807) is 32.9 Å². The van der Waals surface area contributed by atoms with E-state index in [9.17, 15) is 13.2 Å². The van der Waals surface area contributed by atoms with Crippen LogP contribution in [0.3, 0.4) is 0 Å². The van der Waals surface area contributed by atoms with Gasteiger partial charge in [0.15, 0.2) is 5.01 Å². The van der Waals surface area contributed by atoms with Crippen molar-refractivity contribution in [3.63, 3.8) is 0 Å². The van der Waals surface area contributed by atoms with Crippen LogP contribution < -0.4 is 10.0 Å². The van der Waals surface area contributed by atoms with E-state index < -0.39 is 21.2 Å². The molecule has 3 fully saturated rings. The minimum absolute atomic E-state index is 0.0167. The lowest BCUT2D eigenvalue weighted by Crippen LogP contribution is -2.41. The smallest absolute Gasteiger partial charge is 0.280 e. The van der Waals surface area contributed by atoms with Gasteiger partial charge < -0.3 is 10.1 Å². The molecule has 10 heteroatoms. The Hall–Kier alpha value is -1.88. The van der Waals surface area contributed by atoms with Gasteiger partial charge in [-0.25, -0.2) is 22.5 Å². The first-order valence-corrected chi connectivity index (χ1v) is 16.5. The molecule has 3 aliphatic rings. The third-order valence-electron chi connectivity index (χ3n) is 7.80. The normalized spacial score (nSPS) is 20.6. The van der Waals surface area contributed by atoms with Crippen LogP contribution in [0.15, 0.2) is 23.1 Å². The van der Waals surface area contributed by atoms with Crippen LogP contribution in [0.5, 0.6) is 0 Å². The van der Waals surface area contributed by atoms with Crippen LogP contribution >= 0.6 is 11.3 Å². The Morgan fingerprint density at radius 1 is 1.13 bits per heavy atom. The summed E-state index contributed by atoms with van der Waals surface area (Å²) in [4.78, 5) is 18.8. The Morgan fingerprint density at radius 2 is 1.82 bits per heavy atom. The highest BCUT2D eigenvalue weighted by molar-refractivity contribution is 7.89. The second-order valence-corrected chi connectivity index (χ2v) is 15.0. The number of aromatic nitrogens is 1. The average Bonchev–Trinajstić information content (AvgIpc) is 3.50. The summed E-state index contributed by atoms with van der Waals surface area (Å²) >= 11 is 1.32. The third-order valence-corrected chi connectivity index (χ3v) is 10.8. The second-order valence-electron chi connectivity index (χ2n) is 12.4. The lowest BCUT2D eigenvalue weighted by molar-refractivity contribution is 0.0696. The number of hydrogen-bond acceptors (Lipinski definition) is 6. The summed E-state index contributed by atoms with van der Waals surface area (Å²) in [7, 11) is -3.92. The van der Waals surface area contributed by atoms with E-state index in [4.69, 9.17) is 9.72 Å². The molecule has 2 heterocycles. The van der Waals surface area contributed by atoms with Crippen LogP contribution in [0.2, 0.25) is 0 Å². The van der Waals surface area contributed by atoms with Crippen molar-refractivity contribution in [1.29, 1.82) is 0 Å². The summed E-state index contributed by atoms with van der Waals surface area (Å²) < 4.78 is 50.2. The quantitative estimate of drug-likeness (QED) is 0.409. The molecule has 0 unspecified atom stereocenters. The highest BCUT2D eigenvalue weighted by Gasteiger charge is 2.48. The minimum atomic E-state index is -3.92. The van der Waals surface area contributed by atoms with Gasteiger partial charge >= 0.3 is 0 Å². The van der Waals surface area contributed by atoms with Gasteiger partial charge in [-0.15, -0.1) is 11.3 Å². The molecular weight excluding hydrogens is 537 g/mol. The van der Waals surface area contributed by atoms with Crippen molar-refractivity contribution in [2.45, 2.75) is 107 Å².